The summed E-state index contributed by atoms with van der Waals surface area (Å²) in [6.07, 6.45) is 6.19. The summed E-state index contributed by atoms with van der Waals surface area (Å²) >= 11 is 1.58. The van der Waals surface area contributed by atoms with Crippen LogP contribution in [-0.4, -0.2) is 56.4 Å². The van der Waals surface area contributed by atoms with Gasteiger partial charge in [-0.2, -0.15) is 5.10 Å². The SMILES string of the molecule is COc1cc(-c2cc(=O)n3cc([C@@H]4C[C@H]5CNC[C@@H](C4)O5)sc3n2)nn2cc(C)nc12. The van der Waals surface area contributed by atoms with Crippen molar-refractivity contribution in [2.24, 2.45) is 0 Å². The second-order valence-corrected chi connectivity index (χ2v) is 9.26. The van der Waals surface area contributed by atoms with Gasteiger partial charge in [0.05, 0.1) is 36.9 Å². The molecule has 6 rings (SSSR count). The third-order valence-corrected chi connectivity index (χ3v) is 7.15. The fourth-order valence-electron chi connectivity index (χ4n) is 4.59. The Hall–Kier alpha value is -2.82. The molecule has 4 aromatic rings. The van der Waals surface area contributed by atoms with Gasteiger partial charge in [-0.25, -0.2) is 14.5 Å². The fraction of sp³-hybridized carbons (Fsp3) is 0.429. The average molecular weight is 439 g/mol. The normalized spacial score (nSPS) is 23.5. The number of nitrogens with one attached hydrogen (secondary N) is 1. The lowest BCUT2D eigenvalue weighted by Crippen LogP contribution is -2.49. The van der Waals surface area contributed by atoms with E-state index < -0.39 is 0 Å². The number of hydrogen-bond donors (Lipinski definition) is 1. The topological polar surface area (TPSA) is 95.0 Å². The molecule has 31 heavy (non-hydrogen) atoms. The van der Waals surface area contributed by atoms with Crippen molar-refractivity contribution < 1.29 is 9.47 Å². The number of hydrogen-bond acceptors (Lipinski definition) is 8. The van der Waals surface area contributed by atoms with Gasteiger partial charge in [-0.05, 0) is 25.7 Å². The van der Waals surface area contributed by atoms with Crippen molar-refractivity contribution in [2.75, 3.05) is 20.2 Å². The largest absolute Gasteiger partial charge is 0.493 e. The van der Waals surface area contributed by atoms with Crippen molar-refractivity contribution >= 4 is 21.9 Å². The molecule has 2 bridgehead atoms. The molecule has 0 radical (unpaired) electrons. The van der Waals surface area contributed by atoms with E-state index in [4.69, 9.17) is 14.5 Å². The Balaban J connectivity index is 1.42. The van der Waals surface area contributed by atoms with Gasteiger partial charge in [0.15, 0.2) is 16.4 Å². The third-order valence-electron chi connectivity index (χ3n) is 6.01. The summed E-state index contributed by atoms with van der Waals surface area (Å²) in [5.41, 5.74) is 2.46. The number of aromatic nitrogens is 5. The summed E-state index contributed by atoms with van der Waals surface area (Å²) in [5, 5.41) is 8.03. The minimum atomic E-state index is -0.112. The molecule has 6 heterocycles. The first-order chi connectivity index (χ1) is 15.1. The average Bonchev–Trinajstić information content (AvgIpc) is 3.35. The van der Waals surface area contributed by atoms with Gasteiger partial charge in [-0.15, -0.1) is 11.3 Å². The Bertz CT molecular complexity index is 1350. The molecule has 0 aromatic carbocycles. The van der Waals surface area contributed by atoms with Crippen LogP contribution in [0.5, 0.6) is 5.75 Å². The molecule has 4 aromatic heterocycles. The van der Waals surface area contributed by atoms with Crippen LogP contribution < -0.4 is 15.6 Å². The number of thiazole rings is 1. The quantitative estimate of drug-likeness (QED) is 0.523. The number of ether oxygens (including phenoxy) is 2. The van der Waals surface area contributed by atoms with E-state index in [0.717, 1.165) is 31.6 Å². The molecule has 10 heteroatoms. The zero-order valence-electron chi connectivity index (χ0n) is 17.2. The third kappa shape index (κ3) is 3.22. The van der Waals surface area contributed by atoms with E-state index in [-0.39, 0.29) is 17.8 Å². The number of nitrogens with zero attached hydrogens (tertiary/aromatic N) is 5. The van der Waals surface area contributed by atoms with Gasteiger partial charge in [-0.1, -0.05) is 0 Å². The van der Waals surface area contributed by atoms with Crippen LogP contribution >= 0.6 is 11.3 Å². The van der Waals surface area contributed by atoms with Gasteiger partial charge in [-0.3, -0.25) is 9.20 Å². The van der Waals surface area contributed by atoms with E-state index >= 15 is 0 Å². The van der Waals surface area contributed by atoms with Gasteiger partial charge >= 0.3 is 0 Å². The molecule has 0 aliphatic carbocycles. The lowest BCUT2D eigenvalue weighted by Gasteiger charge is -2.39. The fourth-order valence-corrected chi connectivity index (χ4v) is 5.71. The highest BCUT2D eigenvalue weighted by molar-refractivity contribution is 7.17. The van der Waals surface area contributed by atoms with Crippen LogP contribution in [0.4, 0.5) is 0 Å². The molecule has 1 N–H and O–H groups in total. The van der Waals surface area contributed by atoms with E-state index in [1.807, 2.05) is 19.3 Å². The Morgan fingerprint density at radius 2 is 1.97 bits per heavy atom. The van der Waals surface area contributed by atoms with Gasteiger partial charge in [0.25, 0.3) is 5.56 Å². The number of fused-ring (bicyclic) bond motifs is 4. The summed E-state index contributed by atoms with van der Waals surface area (Å²) in [6, 6.07) is 3.31. The highest BCUT2D eigenvalue weighted by atomic mass is 32.1. The highest BCUT2D eigenvalue weighted by Gasteiger charge is 2.34. The van der Waals surface area contributed by atoms with Crippen molar-refractivity contribution in [1.82, 2.24) is 29.3 Å². The zero-order valence-corrected chi connectivity index (χ0v) is 18.1. The summed E-state index contributed by atoms with van der Waals surface area (Å²) in [7, 11) is 1.60. The zero-order chi connectivity index (χ0) is 21.1. The molecular formula is C21H22N6O3S. The van der Waals surface area contributed by atoms with Crippen molar-refractivity contribution in [2.45, 2.75) is 37.9 Å². The molecule has 0 amide bonds. The van der Waals surface area contributed by atoms with Crippen molar-refractivity contribution in [3.05, 3.63) is 45.5 Å². The van der Waals surface area contributed by atoms with Crippen LogP contribution in [0.1, 0.15) is 29.3 Å². The van der Waals surface area contributed by atoms with Crippen LogP contribution in [-0.2, 0) is 4.74 Å². The second-order valence-electron chi connectivity index (χ2n) is 8.22. The maximum absolute atomic E-state index is 12.9. The number of imidazole rings is 1. The Morgan fingerprint density at radius 3 is 2.74 bits per heavy atom. The Labute approximate surface area is 181 Å². The molecule has 2 saturated heterocycles. The van der Waals surface area contributed by atoms with E-state index in [9.17, 15) is 4.79 Å². The van der Waals surface area contributed by atoms with Crippen LogP contribution in [0.2, 0.25) is 0 Å². The smallest absolute Gasteiger partial charge is 0.259 e. The van der Waals surface area contributed by atoms with Crippen molar-refractivity contribution in [3.8, 4) is 17.1 Å². The van der Waals surface area contributed by atoms with Crippen LogP contribution in [0.25, 0.3) is 22.0 Å². The number of morpholine rings is 1. The molecule has 160 valence electrons. The first kappa shape index (κ1) is 18.9. The Morgan fingerprint density at radius 1 is 1.16 bits per heavy atom. The van der Waals surface area contributed by atoms with Crippen LogP contribution in [0.3, 0.4) is 0 Å². The minimum absolute atomic E-state index is 0.112. The molecule has 0 unspecified atom stereocenters. The first-order valence-electron chi connectivity index (χ1n) is 10.4. The molecule has 2 aliphatic rings. The van der Waals surface area contributed by atoms with Crippen LogP contribution in [0, 0.1) is 6.92 Å². The number of aryl methyl sites for hydroxylation is 1. The molecule has 0 saturated carbocycles. The molecule has 9 nitrogen and oxygen atoms in total. The lowest BCUT2D eigenvalue weighted by molar-refractivity contribution is -0.0777. The molecule has 3 atom stereocenters. The standard InChI is InChI=1S/C21H22N6O3S/c1-11-9-27-20(23-11)17(29-2)5-16(25-27)15-6-19(28)26-10-18(31-21(26)24-15)12-3-13-7-22-8-14(4-12)30-13/h5-6,9-10,12-14,22H,3-4,7-8H2,1-2H3/t12-,13+,14-. The molecule has 2 fully saturated rings. The van der Waals surface area contributed by atoms with Crippen LogP contribution in [0.15, 0.2) is 29.3 Å². The van der Waals surface area contributed by atoms with E-state index in [0.29, 0.717) is 33.7 Å². The molecular weight excluding hydrogens is 416 g/mol. The van der Waals surface area contributed by atoms with Gasteiger partial charge in [0.1, 0.15) is 5.69 Å². The molecule has 0 spiro atoms. The Kier molecular flexibility index (Phi) is 4.34. The summed E-state index contributed by atoms with van der Waals surface area (Å²) in [6.45, 7) is 3.69. The summed E-state index contributed by atoms with van der Waals surface area (Å²) in [4.78, 5) is 24.0. The first-order valence-corrected chi connectivity index (χ1v) is 11.2. The molecule has 2 aliphatic heterocycles. The number of methoxy groups -OCH3 is 1. The maximum atomic E-state index is 12.9. The predicted molar refractivity (Wildman–Crippen MR) is 116 cm³/mol. The van der Waals surface area contributed by atoms with E-state index in [2.05, 4.69) is 15.4 Å². The monoisotopic (exact) mass is 438 g/mol. The highest BCUT2D eigenvalue weighted by Crippen LogP contribution is 2.37. The summed E-state index contributed by atoms with van der Waals surface area (Å²) < 4.78 is 14.8. The number of rotatable bonds is 3. The van der Waals surface area contributed by atoms with Crippen molar-refractivity contribution in [3.63, 3.8) is 0 Å². The second kappa shape index (κ2) is 7.11. The predicted octanol–water partition coefficient (Wildman–Crippen LogP) is 2.02. The minimum Gasteiger partial charge on any atom is -0.493 e. The van der Waals surface area contributed by atoms with Gasteiger partial charge in [0, 0.05) is 36.3 Å². The van der Waals surface area contributed by atoms with Gasteiger partial charge in [0.2, 0.25) is 0 Å². The van der Waals surface area contributed by atoms with Gasteiger partial charge < -0.3 is 14.8 Å². The van der Waals surface area contributed by atoms with E-state index in [1.54, 1.807) is 33.4 Å². The van der Waals surface area contributed by atoms with E-state index in [1.165, 1.54) is 10.9 Å². The lowest BCUT2D eigenvalue weighted by atomic mass is 9.89. The summed E-state index contributed by atoms with van der Waals surface area (Å²) in [5.74, 6) is 0.984. The van der Waals surface area contributed by atoms with Crippen molar-refractivity contribution in [1.29, 1.82) is 0 Å². The maximum Gasteiger partial charge on any atom is 0.259 e.